The molecule has 2 aromatic heterocycles. The molecule has 0 aliphatic rings. The molecule has 0 radical (unpaired) electrons. The van der Waals surface area contributed by atoms with Crippen LogP contribution in [0.3, 0.4) is 0 Å². The molecule has 90 valence electrons. The first kappa shape index (κ1) is 11.3. The quantitative estimate of drug-likeness (QED) is 0.675. The summed E-state index contributed by atoms with van der Waals surface area (Å²) in [5.41, 5.74) is 0.337. The van der Waals surface area contributed by atoms with Gasteiger partial charge in [0.2, 0.25) is 0 Å². The van der Waals surface area contributed by atoms with E-state index in [2.05, 4.69) is 5.10 Å². The second-order valence-corrected chi connectivity index (χ2v) is 3.46. The minimum Gasteiger partial charge on any atom is -0.275 e. The van der Waals surface area contributed by atoms with Gasteiger partial charge in [0.1, 0.15) is 6.54 Å². The Hall–Kier alpha value is -2.15. The van der Waals surface area contributed by atoms with Gasteiger partial charge in [-0.2, -0.15) is 5.10 Å². The van der Waals surface area contributed by atoms with E-state index >= 15 is 0 Å². The van der Waals surface area contributed by atoms with Gasteiger partial charge < -0.3 is 0 Å². The monoisotopic (exact) mass is 236 g/mol. The van der Waals surface area contributed by atoms with E-state index in [-0.39, 0.29) is 18.1 Å². The van der Waals surface area contributed by atoms with E-state index in [1.807, 2.05) is 0 Å². The Kier molecular flexibility index (Phi) is 2.92. The van der Waals surface area contributed by atoms with Gasteiger partial charge in [-0.1, -0.05) is 0 Å². The Morgan fingerprint density at radius 2 is 2.35 bits per heavy atom. The van der Waals surface area contributed by atoms with Crippen molar-refractivity contribution in [2.24, 2.45) is 0 Å². The van der Waals surface area contributed by atoms with Crippen molar-refractivity contribution in [3.05, 3.63) is 35.0 Å². The highest BCUT2D eigenvalue weighted by Crippen LogP contribution is 1.97. The number of hydrogen-bond donors (Lipinski definition) is 0. The molecule has 0 spiro atoms. The summed E-state index contributed by atoms with van der Waals surface area (Å²) in [5.74, 6) is -0.353. The highest BCUT2D eigenvalue weighted by atomic mass is 16.7. The molecule has 0 atom stereocenters. The summed E-state index contributed by atoms with van der Waals surface area (Å²) in [4.78, 5) is 28.2. The molecule has 0 fully saturated rings. The fraction of sp³-hybridized carbons (Fsp3) is 0.300. The molecular weight excluding hydrogens is 224 g/mol. The Labute approximate surface area is 96.8 Å². The van der Waals surface area contributed by atoms with Crippen LogP contribution in [0.25, 0.3) is 5.52 Å². The fourth-order valence-corrected chi connectivity index (χ4v) is 1.41. The van der Waals surface area contributed by atoms with Gasteiger partial charge in [0.15, 0.2) is 0 Å². The highest BCUT2D eigenvalue weighted by molar-refractivity contribution is 5.74. The number of aromatic nitrogens is 3. The van der Waals surface area contributed by atoms with Gasteiger partial charge in [-0.05, 0) is 12.1 Å². The Morgan fingerprint density at radius 1 is 1.59 bits per heavy atom. The highest BCUT2D eigenvalue weighted by Gasteiger charge is 2.11. The van der Waals surface area contributed by atoms with E-state index in [0.717, 1.165) is 9.75 Å². The van der Waals surface area contributed by atoms with Crippen molar-refractivity contribution in [3.63, 3.8) is 0 Å². The summed E-state index contributed by atoms with van der Waals surface area (Å²) in [7, 11) is 2.85. The fourth-order valence-electron chi connectivity index (χ4n) is 1.41. The zero-order valence-electron chi connectivity index (χ0n) is 9.53. The lowest BCUT2D eigenvalue weighted by atomic mass is 10.5. The number of carbonyl (C=O) groups excluding carboxylic acids is 1. The lowest BCUT2D eigenvalue weighted by molar-refractivity contribution is -0.169. The van der Waals surface area contributed by atoms with Crippen molar-refractivity contribution in [1.82, 2.24) is 19.2 Å². The lowest BCUT2D eigenvalue weighted by Gasteiger charge is -2.13. The van der Waals surface area contributed by atoms with Crippen molar-refractivity contribution in [2.75, 3.05) is 14.2 Å². The number of nitrogens with zero attached hydrogens (tertiary/aromatic N) is 4. The van der Waals surface area contributed by atoms with Crippen LogP contribution in [0.5, 0.6) is 0 Å². The van der Waals surface area contributed by atoms with Crippen molar-refractivity contribution in [1.29, 1.82) is 0 Å². The van der Waals surface area contributed by atoms with E-state index < -0.39 is 0 Å². The molecule has 0 saturated carbocycles. The third-order valence-corrected chi connectivity index (χ3v) is 2.45. The van der Waals surface area contributed by atoms with E-state index in [1.54, 1.807) is 18.3 Å². The number of fused-ring (bicyclic) bond motifs is 1. The van der Waals surface area contributed by atoms with Crippen LogP contribution in [0.2, 0.25) is 0 Å². The first-order chi connectivity index (χ1) is 8.13. The number of amides is 1. The van der Waals surface area contributed by atoms with Gasteiger partial charge in [-0.15, -0.1) is 0 Å². The van der Waals surface area contributed by atoms with Crippen molar-refractivity contribution in [2.45, 2.75) is 6.54 Å². The molecule has 0 bridgehead atoms. The van der Waals surface area contributed by atoms with Gasteiger partial charge in [0.25, 0.3) is 5.91 Å². The number of hydrogen-bond acceptors (Lipinski definition) is 4. The Morgan fingerprint density at radius 3 is 3.06 bits per heavy atom. The number of hydroxylamine groups is 2. The van der Waals surface area contributed by atoms with Gasteiger partial charge in [0.05, 0.1) is 18.8 Å². The maximum atomic E-state index is 11.9. The molecule has 0 N–H and O–H groups in total. The molecule has 7 heteroatoms. The standard InChI is InChI=1S/C10H12N4O3/c1-12(17-2)9(15)7-14-10(16)13-5-3-4-8(13)6-11-14/h3-6H,7H2,1-2H3. The van der Waals surface area contributed by atoms with Crippen molar-refractivity contribution in [3.8, 4) is 0 Å². The van der Waals surface area contributed by atoms with Crippen molar-refractivity contribution >= 4 is 11.4 Å². The van der Waals surface area contributed by atoms with E-state index in [0.29, 0.717) is 5.52 Å². The molecule has 2 heterocycles. The predicted octanol–water partition coefficient (Wildman–Crippen LogP) is -0.484. The van der Waals surface area contributed by atoms with Crippen LogP contribution in [0.1, 0.15) is 0 Å². The third kappa shape index (κ3) is 2.04. The van der Waals surface area contributed by atoms with Gasteiger partial charge in [-0.25, -0.2) is 14.5 Å². The van der Waals surface area contributed by atoms with Gasteiger partial charge in [-0.3, -0.25) is 14.0 Å². The van der Waals surface area contributed by atoms with Crippen LogP contribution in [-0.4, -0.2) is 39.3 Å². The molecular formula is C10H12N4O3. The molecule has 2 rings (SSSR count). The molecule has 1 amide bonds. The lowest BCUT2D eigenvalue weighted by Crippen LogP contribution is -2.36. The summed E-state index contributed by atoms with van der Waals surface area (Å²) in [5, 5.41) is 4.97. The minimum absolute atomic E-state index is 0.155. The SMILES string of the molecule is CON(C)C(=O)Cn1ncc2cccn2c1=O. The maximum Gasteiger partial charge on any atom is 0.349 e. The third-order valence-electron chi connectivity index (χ3n) is 2.45. The van der Waals surface area contributed by atoms with Crippen LogP contribution < -0.4 is 5.69 Å². The first-order valence-electron chi connectivity index (χ1n) is 4.97. The molecule has 17 heavy (non-hydrogen) atoms. The average molecular weight is 236 g/mol. The molecule has 0 aromatic carbocycles. The summed E-state index contributed by atoms with van der Waals surface area (Å²) in [6.45, 7) is -0.155. The molecule has 0 unspecified atom stereocenters. The Balaban J connectivity index is 2.33. The molecule has 7 nitrogen and oxygen atoms in total. The number of likely N-dealkylation sites (N-methyl/N-ethyl adjacent to an activating group) is 1. The minimum atomic E-state index is -0.356. The van der Waals surface area contributed by atoms with Gasteiger partial charge in [0, 0.05) is 13.2 Å². The molecule has 0 aliphatic heterocycles. The summed E-state index contributed by atoms with van der Waals surface area (Å²) in [6, 6.07) is 3.51. The van der Waals surface area contributed by atoms with Crippen LogP contribution in [0, 0.1) is 0 Å². The van der Waals surface area contributed by atoms with Crippen LogP contribution in [0.4, 0.5) is 0 Å². The molecule has 0 aliphatic carbocycles. The zero-order valence-corrected chi connectivity index (χ0v) is 9.53. The second kappa shape index (κ2) is 4.38. The first-order valence-corrected chi connectivity index (χ1v) is 4.97. The summed E-state index contributed by atoms with van der Waals surface area (Å²) >= 11 is 0. The topological polar surface area (TPSA) is 68.8 Å². The molecule has 2 aromatic rings. The zero-order chi connectivity index (χ0) is 12.4. The van der Waals surface area contributed by atoms with E-state index in [1.165, 1.54) is 24.8 Å². The average Bonchev–Trinajstić information content (AvgIpc) is 2.80. The normalized spacial score (nSPS) is 10.7. The van der Waals surface area contributed by atoms with Crippen LogP contribution in [0.15, 0.2) is 29.3 Å². The summed E-state index contributed by atoms with van der Waals surface area (Å²) < 4.78 is 2.51. The van der Waals surface area contributed by atoms with E-state index in [9.17, 15) is 9.59 Å². The maximum absolute atomic E-state index is 11.9. The number of carbonyl (C=O) groups is 1. The smallest absolute Gasteiger partial charge is 0.275 e. The van der Waals surface area contributed by atoms with Crippen LogP contribution in [-0.2, 0) is 16.2 Å². The van der Waals surface area contributed by atoms with Crippen LogP contribution >= 0.6 is 0 Å². The largest absolute Gasteiger partial charge is 0.349 e. The van der Waals surface area contributed by atoms with Crippen molar-refractivity contribution < 1.29 is 9.63 Å². The number of rotatable bonds is 3. The Bertz CT molecular complexity index is 601. The van der Waals surface area contributed by atoms with E-state index in [4.69, 9.17) is 4.84 Å². The molecule has 0 saturated heterocycles. The van der Waals surface area contributed by atoms with Gasteiger partial charge >= 0.3 is 5.69 Å². The second-order valence-electron chi connectivity index (χ2n) is 3.46. The summed E-state index contributed by atoms with van der Waals surface area (Å²) in [6.07, 6.45) is 3.15. The predicted molar refractivity (Wildman–Crippen MR) is 59.2 cm³/mol.